The van der Waals surface area contributed by atoms with Crippen molar-refractivity contribution in [3.05, 3.63) is 41.1 Å². The summed E-state index contributed by atoms with van der Waals surface area (Å²) in [5.74, 6) is 0. The first-order valence-electron chi connectivity index (χ1n) is 9.06. The highest BCUT2D eigenvalue weighted by atomic mass is 19.4. The van der Waals surface area contributed by atoms with Crippen molar-refractivity contribution < 1.29 is 31.1 Å². The minimum absolute atomic E-state index is 0.0219. The summed E-state index contributed by atoms with van der Waals surface area (Å²) in [7, 11) is 0. The van der Waals surface area contributed by atoms with Gasteiger partial charge >= 0.3 is 12.4 Å². The van der Waals surface area contributed by atoms with E-state index in [0.717, 1.165) is 25.0 Å². The molecule has 1 N–H and O–H groups in total. The van der Waals surface area contributed by atoms with Crippen LogP contribution in [0.2, 0.25) is 0 Å². The quantitative estimate of drug-likeness (QED) is 0.682. The van der Waals surface area contributed by atoms with Gasteiger partial charge in [-0.3, -0.25) is 0 Å². The smallest absolute Gasteiger partial charge is 0.372 e. The van der Waals surface area contributed by atoms with Gasteiger partial charge in [0, 0.05) is 18.0 Å². The second-order valence-electron chi connectivity index (χ2n) is 6.73. The van der Waals surface area contributed by atoms with Gasteiger partial charge in [0.1, 0.15) is 5.69 Å². The SMILES string of the molecule is CCOC(c1cc(C(F)(F)F)nc2c(C(F)(F)F)cccc12)C1CCCCN1. The number of benzene rings is 1. The minimum Gasteiger partial charge on any atom is -0.372 e. The Morgan fingerprint density at radius 2 is 1.89 bits per heavy atom. The third-order valence-electron chi connectivity index (χ3n) is 4.83. The maximum absolute atomic E-state index is 13.4. The second kappa shape index (κ2) is 7.87. The lowest BCUT2D eigenvalue weighted by Crippen LogP contribution is -2.40. The third-order valence-corrected chi connectivity index (χ3v) is 4.83. The fourth-order valence-electron chi connectivity index (χ4n) is 3.62. The van der Waals surface area contributed by atoms with Crippen molar-refractivity contribution in [3.8, 4) is 0 Å². The lowest BCUT2D eigenvalue weighted by atomic mass is 9.91. The zero-order chi connectivity index (χ0) is 20.5. The predicted octanol–water partition coefficient (Wildman–Crippen LogP) is 5.49. The van der Waals surface area contributed by atoms with E-state index in [1.165, 1.54) is 12.1 Å². The summed E-state index contributed by atoms with van der Waals surface area (Å²) in [5, 5.41) is 3.24. The van der Waals surface area contributed by atoms with Gasteiger partial charge in [-0.1, -0.05) is 18.6 Å². The summed E-state index contributed by atoms with van der Waals surface area (Å²) >= 11 is 0. The number of pyridine rings is 1. The van der Waals surface area contributed by atoms with E-state index in [2.05, 4.69) is 10.3 Å². The van der Waals surface area contributed by atoms with Crippen molar-refractivity contribution >= 4 is 10.9 Å². The number of nitrogens with one attached hydrogen (secondary N) is 1. The molecule has 3 nitrogen and oxygen atoms in total. The van der Waals surface area contributed by atoms with E-state index in [9.17, 15) is 26.3 Å². The summed E-state index contributed by atoms with van der Waals surface area (Å²) in [6.07, 6.45) is -8.05. The number of fused-ring (bicyclic) bond motifs is 1. The van der Waals surface area contributed by atoms with E-state index in [-0.39, 0.29) is 23.6 Å². The van der Waals surface area contributed by atoms with Gasteiger partial charge in [-0.15, -0.1) is 0 Å². The molecule has 154 valence electrons. The predicted molar refractivity (Wildman–Crippen MR) is 91.8 cm³/mol. The van der Waals surface area contributed by atoms with Crippen LogP contribution in [0.25, 0.3) is 10.9 Å². The van der Waals surface area contributed by atoms with Crippen LogP contribution in [-0.2, 0) is 17.1 Å². The molecule has 2 unspecified atom stereocenters. The van der Waals surface area contributed by atoms with Gasteiger partial charge in [0.2, 0.25) is 0 Å². The van der Waals surface area contributed by atoms with E-state index in [1.807, 2.05) is 0 Å². The molecule has 1 aromatic carbocycles. The molecule has 0 saturated carbocycles. The molecule has 1 aliphatic rings. The van der Waals surface area contributed by atoms with Gasteiger partial charge < -0.3 is 10.1 Å². The Balaban J connectivity index is 2.27. The number of para-hydroxylation sites is 1. The van der Waals surface area contributed by atoms with Crippen LogP contribution in [0.1, 0.15) is 49.1 Å². The fourth-order valence-corrected chi connectivity index (χ4v) is 3.62. The largest absolute Gasteiger partial charge is 0.433 e. The summed E-state index contributed by atoms with van der Waals surface area (Å²) in [5.41, 5.74) is -3.18. The van der Waals surface area contributed by atoms with Gasteiger partial charge in [-0.25, -0.2) is 4.98 Å². The third kappa shape index (κ3) is 4.25. The summed E-state index contributed by atoms with van der Waals surface area (Å²) in [6.45, 7) is 2.59. The molecule has 1 saturated heterocycles. The molecule has 1 aromatic heterocycles. The van der Waals surface area contributed by atoms with Crippen molar-refractivity contribution in [3.63, 3.8) is 0 Å². The molecule has 2 heterocycles. The van der Waals surface area contributed by atoms with Gasteiger partial charge in [0.05, 0.1) is 17.2 Å². The average molecular weight is 406 g/mol. The molecule has 1 aliphatic heterocycles. The Morgan fingerprint density at radius 3 is 2.46 bits per heavy atom. The normalized spacial score (nSPS) is 19.8. The molecule has 2 aromatic rings. The lowest BCUT2D eigenvalue weighted by Gasteiger charge is -2.32. The van der Waals surface area contributed by atoms with Crippen molar-refractivity contribution in [1.29, 1.82) is 0 Å². The number of hydrogen-bond donors (Lipinski definition) is 1. The van der Waals surface area contributed by atoms with E-state index >= 15 is 0 Å². The number of ether oxygens (including phenoxy) is 1. The zero-order valence-electron chi connectivity index (χ0n) is 15.1. The molecular formula is C19H20F6N2O. The molecule has 28 heavy (non-hydrogen) atoms. The van der Waals surface area contributed by atoms with Crippen LogP contribution in [0.5, 0.6) is 0 Å². The summed E-state index contributed by atoms with van der Waals surface area (Å²) in [4.78, 5) is 3.34. The van der Waals surface area contributed by atoms with E-state index in [1.54, 1.807) is 6.92 Å². The van der Waals surface area contributed by atoms with Crippen LogP contribution in [0.4, 0.5) is 26.3 Å². The van der Waals surface area contributed by atoms with Gasteiger partial charge in [0.15, 0.2) is 0 Å². The first kappa shape index (κ1) is 20.9. The van der Waals surface area contributed by atoms with Crippen LogP contribution in [0, 0.1) is 0 Å². The molecule has 0 amide bonds. The average Bonchev–Trinajstić information content (AvgIpc) is 2.64. The number of aromatic nitrogens is 1. The molecule has 0 bridgehead atoms. The highest BCUT2D eigenvalue weighted by molar-refractivity contribution is 5.86. The standard InChI is InChI=1S/C19H20F6N2O/c1-2-28-17(14-8-3-4-9-26-14)12-10-15(19(23,24)25)27-16-11(12)6-5-7-13(16)18(20,21)22/h5-7,10,14,17,26H,2-4,8-9H2,1H3. The zero-order valence-corrected chi connectivity index (χ0v) is 15.1. The maximum Gasteiger partial charge on any atom is 0.433 e. The van der Waals surface area contributed by atoms with Crippen LogP contribution in [0.15, 0.2) is 24.3 Å². The minimum atomic E-state index is -4.88. The van der Waals surface area contributed by atoms with E-state index in [0.29, 0.717) is 13.0 Å². The molecule has 9 heteroatoms. The van der Waals surface area contributed by atoms with E-state index < -0.39 is 35.2 Å². The number of piperidine rings is 1. The molecule has 3 rings (SSSR count). The lowest BCUT2D eigenvalue weighted by molar-refractivity contribution is -0.142. The monoisotopic (exact) mass is 406 g/mol. The number of halogens is 6. The Hall–Kier alpha value is -1.87. The molecule has 0 radical (unpaired) electrons. The number of rotatable bonds is 4. The summed E-state index contributed by atoms with van der Waals surface area (Å²) in [6, 6.07) is 3.82. The van der Waals surface area contributed by atoms with Gasteiger partial charge in [-0.05, 0) is 44.0 Å². The fraction of sp³-hybridized carbons (Fsp3) is 0.526. The maximum atomic E-state index is 13.4. The van der Waals surface area contributed by atoms with Crippen LogP contribution in [-0.4, -0.2) is 24.2 Å². The first-order valence-corrected chi connectivity index (χ1v) is 9.06. The van der Waals surface area contributed by atoms with Crippen LogP contribution < -0.4 is 5.32 Å². The van der Waals surface area contributed by atoms with Crippen molar-refractivity contribution in [2.24, 2.45) is 0 Å². The first-order chi connectivity index (χ1) is 13.1. The second-order valence-corrected chi connectivity index (χ2v) is 6.73. The molecule has 0 aliphatic carbocycles. The Kier molecular flexibility index (Phi) is 5.86. The Morgan fingerprint density at radius 1 is 1.14 bits per heavy atom. The highest BCUT2D eigenvalue weighted by Gasteiger charge is 2.39. The Bertz CT molecular complexity index is 828. The van der Waals surface area contributed by atoms with Crippen LogP contribution in [0.3, 0.4) is 0 Å². The molecule has 2 atom stereocenters. The summed E-state index contributed by atoms with van der Waals surface area (Å²) < 4.78 is 86.2. The molecule has 0 spiro atoms. The molecular weight excluding hydrogens is 386 g/mol. The van der Waals surface area contributed by atoms with Crippen molar-refractivity contribution in [2.45, 2.75) is 50.7 Å². The van der Waals surface area contributed by atoms with Crippen molar-refractivity contribution in [1.82, 2.24) is 10.3 Å². The van der Waals surface area contributed by atoms with E-state index in [4.69, 9.17) is 4.74 Å². The van der Waals surface area contributed by atoms with Crippen molar-refractivity contribution in [2.75, 3.05) is 13.2 Å². The Labute approximate surface area is 158 Å². The number of hydrogen-bond acceptors (Lipinski definition) is 3. The van der Waals surface area contributed by atoms with Gasteiger partial charge in [0.25, 0.3) is 0 Å². The molecule has 1 fully saturated rings. The van der Waals surface area contributed by atoms with Crippen LogP contribution >= 0.6 is 0 Å². The highest BCUT2D eigenvalue weighted by Crippen LogP contribution is 2.40. The topological polar surface area (TPSA) is 34.1 Å². The number of nitrogens with zero attached hydrogens (tertiary/aromatic N) is 1. The number of alkyl halides is 6. The van der Waals surface area contributed by atoms with Gasteiger partial charge in [-0.2, -0.15) is 26.3 Å².